The lowest BCUT2D eigenvalue weighted by atomic mass is 10.1. The minimum Gasteiger partial charge on any atom is -0.301 e. The van der Waals surface area contributed by atoms with Crippen LogP contribution in [0.25, 0.3) is 22.5 Å². The summed E-state index contributed by atoms with van der Waals surface area (Å²) in [5, 5.41) is 6.43. The molecule has 150 valence electrons. The number of nitrogens with one attached hydrogen (secondary N) is 1. The van der Waals surface area contributed by atoms with E-state index in [1.807, 2.05) is 73.0 Å². The van der Waals surface area contributed by atoms with Gasteiger partial charge in [0.1, 0.15) is 11.4 Å². The minimum absolute atomic E-state index is 0.128. The van der Waals surface area contributed by atoms with Crippen LogP contribution in [0.5, 0.6) is 0 Å². The van der Waals surface area contributed by atoms with E-state index in [1.54, 1.807) is 0 Å². The van der Waals surface area contributed by atoms with E-state index >= 15 is 0 Å². The number of carbonyl (C=O) groups is 1. The average molecular weight is 453 g/mol. The molecule has 4 rings (SSSR count). The average Bonchev–Trinajstić information content (AvgIpc) is 3.23. The molecule has 1 unspecified atom stereocenters. The van der Waals surface area contributed by atoms with Crippen molar-refractivity contribution in [2.45, 2.75) is 17.2 Å². The summed E-state index contributed by atoms with van der Waals surface area (Å²) in [6.07, 6.45) is 1.52. The lowest BCUT2D eigenvalue weighted by Gasteiger charge is -2.10. The Morgan fingerprint density at radius 3 is 2.53 bits per heavy atom. The van der Waals surface area contributed by atoms with Crippen LogP contribution in [-0.2, 0) is 4.79 Å². The van der Waals surface area contributed by atoms with Gasteiger partial charge in [-0.05, 0) is 25.1 Å². The van der Waals surface area contributed by atoms with Crippen LogP contribution < -0.4 is 5.32 Å². The van der Waals surface area contributed by atoms with Gasteiger partial charge < -0.3 is 5.32 Å². The first-order valence-electron chi connectivity index (χ1n) is 9.15. The van der Waals surface area contributed by atoms with Crippen LogP contribution in [0.2, 0.25) is 5.02 Å². The molecule has 2 aromatic carbocycles. The van der Waals surface area contributed by atoms with Crippen molar-refractivity contribution in [2.75, 3.05) is 5.32 Å². The molecule has 0 aliphatic heterocycles. The van der Waals surface area contributed by atoms with Crippen molar-refractivity contribution < 1.29 is 4.79 Å². The quantitative estimate of drug-likeness (QED) is 0.285. The normalized spacial score (nSPS) is 11.8. The second-order valence-corrected chi connectivity index (χ2v) is 9.06. The number of aromatic nitrogens is 3. The maximum Gasteiger partial charge on any atom is 0.239 e. The van der Waals surface area contributed by atoms with Crippen LogP contribution >= 0.6 is 34.7 Å². The largest absolute Gasteiger partial charge is 0.301 e. The van der Waals surface area contributed by atoms with Crippen molar-refractivity contribution in [2.24, 2.45) is 0 Å². The number of rotatable bonds is 6. The zero-order valence-electron chi connectivity index (χ0n) is 15.9. The van der Waals surface area contributed by atoms with E-state index in [0.29, 0.717) is 10.2 Å². The number of halogens is 1. The van der Waals surface area contributed by atoms with E-state index in [1.165, 1.54) is 29.4 Å². The Hall–Kier alpha value is -2.74. The molecule has 30 heavy (non-hydrogen) atoms. The zero-order valence-corrected chi connectivity index (χ0v) is 18.3. The Balaban J connectivity index is 1.40. The van der Waals surface area contributed by atoms with Crippen molar-refractivity contribution in [3.8, 4) is 22.5 Å². The second-order valence-electron chi connectivity index (χ2n) is 6.40. The lowest BCUT2D eigenvalue weighted by molar-refractivity contribution is -0.115. The molecule has 0 spiro atoms. The van der Waals surface area contributed by atoms with Crippen molar-refractivity contribution in [3.05, 3.63) is 77.4 Å². The van der Waals surface area contributed by atoms with Gasteiger partial charge in [0.05, 0.1) is 16.6 Å². The van der Waals surface area contributed by atoms with Gasteiger partial charge in [0, 0.05) is 21.5 Å². The van der Waals surface area contributed by atoms with E-state index in [-0.39, 0.29) is 11.2 Å². The van der Waals surface area contributed by atoms with Crippen LogP contribution in [0.1, 0.15) is 6.92 Å². The second kappa shape index (κ2) is 9.38. The van der Waals surface area contributed by atoms with Gasteiger partial charge in [-0.3, -0.25) is 4.79 Å². The SMILES string of the molecule is CC(Sc1cc(-c2ccccc2)ncn1)C(=O)Nc1nc(-c2ccc(Cl)cc2)cs1. The molecule has 0 aliphatic rings. The molecule has 8 heteroatoms. The van der Waals surface area contributed by atoms with Crippen molar-refractivity contribution >= 4 is 45.7 Å². The van der Waals surface area contributed by atoms with Gasteiger partial charge in [-0.15, -0.1) is 11.3 Å². The molecule has 0 radical (unpaired) electrons. The summed E-state index contributed by atoms with van der Waals surface area (Å²) in [4.78, 5) is 25.8. The summed E-state index contributed by atoms with van der Waals surface area (Å²) in [5.74, 6) is -0.128. The van der Waals surface area contributed by atoms with Gasteiger partial charge in [0.2, 0.25) is 5.91 Å². The summed E-state index contributed by atoms with van der Waals surface area (Å²) >= 11 is 8.71. The molecule has 0 bridgehead atoms. The number of hydrogen-bond acceptors (Lipinski definition) is 6. The zero-order chi connectivity index (χ0) is 20.9. The Labute approximate surface area is 187 Å². The van der Waals surface area contributed by atoms with Crippen molar-refractivity contribution in [1.82, 2.24) is 15.0 Å². The molecule has 0 saturated heterocycles. The third kappa shape index (κ3) is 5.05. The molecule has 0 aliphatic carbocycles. The Kier molecular flexibility index (Phi) is 6.42. The van der Waals surface area contributed by atoms with E-state index in [4.69, 9.17) is 11.6 Å². The molecule has 1 atom stereocenters. The molecular formula is C22H17ClN4OS2. The summed E-state index contributed by atoms with van der Waals surface area (Å²) in [5.41, 5.74) is 3.59. The van der Waals surface area contributed by atoms with Gasteiger partial charge in [-0.1, -0.05) is 65.8 Å². The van der Waals surface area contributed by atoms with Crippen LogP contribution in [0.3, 0.4) is 0 Å². The molecular weight excluding hydrogens is 436 g/mol. The molecule has 4 aromatic rings. The molecule has 1 N–H and O–H groups in total. The maximum atomic E-state index is 12.6. The number of hydrogen-bond donors (Lipinski definition) is 1. The topological polar surface area (TPSA) is 67.8 Å². The van der Waals surface area contributed by atoms with Crippen LogP contribution in [0, 0.1) is 0 Å². The summed E-state index contributed by atoms with van der Waals surface area (Å²) in [6.45, 7) is 1.85. The summed E-state index contributed by atoms with van der Waals surface area (Å²) in [7, 11) is 0. The van der Waals surface area contributed by atoms with E-state index < -0.39 is 0 Å². The maximum absolute atomic E-state index is 12.6. The van der Waals surface area contributed by atoms with E-state index in [0.717, 1.165) is 27.5 Å². The van der Waals surface area contributed by atoms with Gasteiger partial charge >= 0.3 is 0 Å². The fourth-order valence-electron chi connectivity index (χ4n) is 2.70. The van der Waals surface area contributed by atoms with Crippen LogP contribution in [0.4, 0.5) is 5.13 Å². The highest BCUT2D eigenvalue weighted by Crippen LogP contribution is 2.28. The first-order valence-corrected chi connectivity index (χ1v) is 11.3. The Bertz CT molecular complexity index is 1150. The fraction of sp³-hybridized carbons (Fsp3) is 0.0909. The standard InChI is InChI=1S/C22H17ClN4OS2/c1-14(30-20-11-18(24-13-25-20)15-5-3-2-4-6-15)21(28)27-22-26-19(12-29-22)16-7-9-17(23)10-8-16/h2-14H,1H3,(H,26,27,28). The number of thioether (sulfide) groups is 1. The number of carbonyl (C=O) groups excluding carboxylic acids is 1. The first-order chi connectivity index (χ1) is 14.6. The van der Waals surface area contributed by atoms with Gasteiger partial charge in [-0.2, -0.15) is 0 Å². The fourth-order valence-corrected chi connectivity index (χ4v) is 4.36. The first kappa shape index (κ1) is 20.5. The predicted molar refractivity (Wildman–Crippen MR) is 124 cm³/mol. The van der Waals surface area contributed by atoms with Crippen LogP contribution in [-0.4, -0.2) is 26.1 Å². The van der Waals surface area contributed by atoms with Gasteiger partial charge in [0.25, 0.3) is 0 Å². The summed E-state index contributed by atoms with van der Waals surface area (Å²) in [6, 6.07) is 19.2. The molecule has 0 fully saturated rings. The number of thiazole rings is 1. The molecule has 0 saturated carbocycles. The van der Waals surface area contributed by atoms with E-state index in [2.05, 4.69) is 20.3 Å². The van der Waals surface area contributed by atoms with Gasteiger partial charge in [-0.25, -0.2) is 15.0 Å². The van der Waals surface area contributed by atoms with Crippen molar-refractivity contribution in [3.63, 3.8) is 0 Å². The lowest BCUT2D eigenvalue weighted by Crippen LogP contribution is -2.22. The van der Waals surface area contributed by atoms with Crippen LogP contribution in [0.15, 0.2) is 77.4 Å². The highest BCUT2D eigenvalue weighted by Gasteiger charge is 2.17. The Morgan fingerprint density at radius 2 is 1.77 bits per heavy atom. The number of amides is 1. The van der Waals surface area contributed by atoms with E-state index in [9.17, 15) is 4.79 Å². The third-order valence-electron chi connectivity index (χ3n) is 4.25. The third-order valence-corrected chi connectivity index (χ3v) is 6.29. The summed E-state index contributed by atoms with van der Waals surface area (Å²) < 4.78 is 0. The number of benzene rings is 2. The molecule has 2 heterocycles. The smallest absolute Gasteiger partial charge is 0.239 e. The highest BCUT2D eigenvalue weighted by molar-refractivity contribution is 8.00. The van der Waals surface area contributed by atoms with Gasteiger partial charge in [0.15, 0.2) is 5.13 Å². The Morgan fingerprint density at radius 1 is 1.03 bits per heavy atom. The monoisotopic (exact) mass is 452 g/mol. The predicted octanol–water partition coefficient (Wildman–Crippen LogP) is 6.04. The molecule has 2 aromatic heterocycles. The van der Waals surface area contributed by atoms with Crippen molar-refractivity contribution in [1.29, 1.82) is 0 Å². The highest BCUT2D eigenvalue weighted by atomic mass is 35.5. The molecule has 1 amide bonds. The number of anilines is 1. The number of nitrogens with zero attached hydrogens (tertiary/aromatic N) is 3. The molecule has 5 nitrogen and oxygen atoms in total. The minimum atomic E-state index is -0.341.